The fraction of sp³-hybridized carbons (Fsp3) is 0.596. The third kappa shape index (κ3) is 14.1. The van der Waals surface area contributed by atoms with Gasteiger partial charge in [0.25, 0.3) is 0 Å². The Labute approximate surface area is 361 Å². The molecular formula is C52H74O8. The van der Waals surface area contributed by atoms with Crippen molar-refractivity contribution >= 4 is 17.9 Å². The van der Waals surface area contributed by atoms with Crippen molar-refractivity contribution in [2.24, 2.45) is 0 Å². The van der Waals surface area contributed by atoms with E-state index in [0.29, 0.717) is 23.7 Å². The van der Waals surface area contributed by atoms with E-state index in [1.54, 1.807) is 0 Å². The number of carbonyl (C=O) groups excluding carboxylic acids is 3. The molecule has 0 N–H and O–H groups in total. The van der Waals surface area contributed by atoms with Gasteiger partial charge in [-0.25, -0.2) is 4.79 Å². The van der Waals surface area contributed by atoms with Gasteiger partial charge >= 0.3 is 17.9 Å². The molecule has 4 rings (SSSR count). The van der Waals surface area contributed by atoms with Gasteiger partial charge in [0.2, 0.25) is 0 Å². The van der Waals surface area contributed by atoms with Gasteiger partial charge in [-0.1, -0.05) is 169 Å². The Hall–Kier alpha value is -4.33. The SMILES string of the molecule is CCCCCCCCCCCCCCCCCC(=O)OCCOc1ccc(C2(c3ccc(OCCOC(C)=O)cc3)C(=O)Oc3c(C(C)(C)C)cc(C(C)(C)C)cc32)cc1. The molecule has 0 radical (unpaired) electrons. The van der Waals surface area contributed by atoms with E-state index in [2.05, 4.69) is 60.6 Å². The largest absolute Gasteiger partial charge is 0.490 e. The molecule has 1 aliphatic heterocycles. The molecule has 0 amide bonds. The first-order valence-electron chi connectivity index (χ1n) is 22.8. The standard InChI is InChI=1S/C52H74O8/c1-9-10-11-12-13-14-15-16-17-18-19-20-21-22-23-24-47(54)59-36-35-58-44-31-27-41(28-32-44)52(40-25-29-43(30-26-40)57-34-33-56-39(2)53)46-38-42(50(3,4)5)37-45(51(6,7)8)48(46)60-49(52)55/h25-32,37-38H,9-24,33-36H2,1-8H3. The van der Waals surface area contributed by atoms with Crippen LogP contribution >= 0.6 is 0 Å². The van der Waals surface area contributed by atoms with Crippen molar-refractivity contribution < 1.29 is 38.1 Å². The summed E-state index contributed by atoms with van der Waals surface area (Å²) in [7, 11) is 0. The predicted octanol–water partition coefficient (Wildman–Crippen LogP) is 12.7. The lowest BCUT2D eigenvalue weighted by Gasteiger charge is -2.31. The molecule has 0 aliphatic carbocycles. The fourth-order valence-electron chi connectivity index (χ4n) is 7.98. The van der Waals surface area contributed by atoms with Crippen LogP contribution in [0.3, 0.4) is 0 Å². The first-order chi connectivity index (χ1) is 28.7. The molecule has 1 unspecified atom stereocenters. The molecule has 3 aromatic rings. The molecule has 3 aromatic carbocycles. The Kier molecular flexibility index (Phi) is 19.0. The normalized spacial score (nSPS) is 15.0. The minimum atomic E-state index is -1.27. The Morgan fingerprint density at radius 1 is 0.583 bits per heavy atom. The molecular weight excluding hydrogens is 753 g/mol. The van der Waals surface area contributed by atoms with E-state index in [1.165, 1.54) is 90.4 Å². The minimum Gasteiger partial charge on any atom is -0.490 e. The zero-order valence-corrected chi connectivity index (χ0v) is 38.2. The van der Waals surface area contributed by atoms with Crippen molar-refractivity contribution in [3.63, 3.8) is 0 Å². The van der Waals surface area contributed by atoms with Crippen LogP contribution in [-0.2, 0) is 40.1 Å². The summed E-state index contributed by atoms with van der Waals surface area (Å²) >= 11 is 0. The van der Waals surface area contributed by atoms with Gasteiger partial charge in [0.15, 0.2) is 0 Å². The number of esters is 3. The second-order valence-electron chi connectivity index (χ2n) is 18.5. The summed E-state index contributed by atoms with van der Waals surface area (Å²) in [5.41, 5.74) is 2.58. The number of carbonyl (C=O) groups is 3. The third-order valence-corrected chi connectivity index (χ3v) is 11.5. The first kappa shape index (κ1) is 48.3. The lowest BCUT2D eigenvalue weighted by Crippen LogP contribution is -2.36. The van der Waals surface area contributed by atoms with E-state index in [0.717, 1.165) is 40.7 Å². The highest BCUT2D eigenvalue weighted by molar-refractivity contribution is 5.99. The van der Waals surface area contributed by atoms with Crippen molar-refractivity contribution in [1.29, 1.82) is 0 Å². The number of unbranched alkanes of at least 4 members (excludes halogenated alkanes) is 14. The van der Waals surface area contributed by atoms with Crippen molar-refractivity contribution in [3.8, 4) is 17.2 Å². The molecule has 330 valence electrons. The summed E-state index contributed by atoms with van der Waals surface area (Å²) in [6.07, 6.45) is 19.8. The maximum absolute atomic E-state index is 14.6. The molecule has 8 heteroatoms. The number of fused-ring (bicyclic) bond motifs is 1. The molecule has 60 heavy (non-hydrogen) atoms. The molecule has 0 fully saturated rings. The monoisotopic (exact) mass is 827 g/mol. The number of benzene rings is 3. The van der Waals surface area contributed by atoms with Crippen LogP contribution in [-0.4, -0.2) is 44.3 Å². The minimum absolute atomic E-state index is 0.141. The van der Waals surface area contributed by atoms with Crippen molar-refractivity contribution in [2.45, 2.75) is 174 Å². The molecule has 0 saturated carbocycles. The van der Waals surface area contributed by atoms with Crippen molar-refractivity contribution in [2.75, 3.05) is 26.4 Å². The highest BCUT2D eigenvalue weighted by Crippen LogP contribution is 2.53. The van der Waals surface area contributed by atoms with Gasteiger partial charge in [-0.3, -0.25) is 9.59 Å². The predicted molar refractivity (Wildman–Crippen MR) is 240 cm³/mol. The number of hydrogen-bond acceptors (Lipinski definition) is 8. The van der Waals surface area contributed by atoms with Crippen LogP contribution in [0, 0.1) is 0 Å². The van der Waals surface area contributed by atoms with Crippen molar-refractivity contribution in [3.05, 3.63) is 88.5 Å². The van der Waals surface area contributed by atoms with Crippen LogP contribution in [0.5, 0.6) is 17.2 Å². The summed E-state index contributed by atoms with van der Waals surface area (Å²) < 4.78 is 28.6. The van der Waals surface area contributed by atoms with Gasteiger partial charge in [0, 0.05) is 24.5 Å². The van der Waals surface area contributed by atoms with E-state index in [1.807, 2.05) is 48.5 Å². The summed E-state index contributed by atoms with van der Waals surface area (Å²) in [5.74, 6) is 0.856. The summed E-state index contributed by atoms with van der Waals surface area (Å²) in [6, 6.07) is 19.3. The average Bonchev–Trinajstić information content (AvgIpc) is 3.50. The number of rotatable bonds is 26. The van der Waals surface area contributed by atoms with E-state index in [4.69, 9.17) is 23.7 Å². The van der Waals surface area contributed by atoms with Crippen molar-refractivity contribution in [1.82, 2.24) is 0 Å². The Bertz CT molecular complexity index is 1780. The quantitative estimate of drug-likeness (QED) is 0.0448. The second-order valence-corrected chi connectivity index (χ2v) is 18.5. The lowest BCUT2D eigenvalue weighted by atomic mass is 9.68. The topological polar surface area (TPSA) is 97.4 Å². The lowest BCUT2D eigenvalue weighted by molar-refractivity contribution is -0.144. The average molecular weight is 827 g/mol. The highest BCUT2D eigenvalue weighted by Gasteiger charge is 2.54. The van der Waals surface area contributed by atoms with Gasteiger partial charge in [-0.15, -0.1) is 0 Å². The molecule has 1 heterocycles. The van der Waals surface area contributed by atoms with Gasteiger partial charge < -0.3 is 23.7 Å². The van der Waals surface area contributed by atoms with E-state index < -0.39 is 5.41 Å². The van der Waals surface area contributed by atoms with Crippen LogP contribution in [0.2, 0.25) is 0 Å². The van der Waals surface area contributed by atoms with Gasteiger partial charge in [-0.2, -0.15) is 0 Å². The Balaban J connectivity index is 1.34. The molecule has 1 atom stereocenters. The smallest absolute Gasteiger partial charge is 0.331 e. The fourth-order valence-corrected chi connectivity index (χ4v) is 7.98. The van der Waals surface area contributed by atoms with Gasteiger partial charge in [0.1, 0.15) is 49.1 Å². The molecule has 1 aliphatic rings. The van der Waals surface area contributed by atoms with Gasteiger partial charge in [0.05, 0.1) is 0 Å². The van der Waals surface area contributed by atoms with Crippen LogP contribution in [0.4, 0.5) is 0 Å². The summed E-state index contributed by atoms with van der Waals surface area (Å²) in [4.78, 5) is 38.2. The van der Waals surface area contributed by atoms with E-state index in [9.17, 15) is 14.4 Å². The number of hydrogen-bond donors (Lipinski definition) is 0. The Morgan fingerprint density at radius 3 is 1.47 bits per heavy atom. The summed E-state index contributed by atoms with van der Waals surface area (Å²) in [5, 5.41) is 0. The molecule has 0 aromatic heterocycles. The first-order valence-corrected chi connectivity index (χ1v) is 22.8. The zero-order chi connectivity index (χ0) is 43.6. The van der Waals surface area contributed by atoms with Crippen LogP contribution < -0.4 is 14.2 Å². The number of ether oxygens (including phenoxy) is 5. The van der Waals surface area contributed by atoms with E-state index >= 15 is 0 Å². The van der Waals surface area contributed by atoms with Crippen LogP contribution in [0.15, 0.2) is 60.7 Å². The third-order valence-electron chi connectivity index (χ3n) is 11.5. The maximum atomic E-state index is 14.6. The molecule has 0 bridgehead atoms. The highest BCUT2D eigenvalue weighted by atomic mass is 16.6. The molecule has 8 nitrogen and oxygen atoms in total. The van der Waals surface area contributed by atoms with Crippen LogP contribution in [0.1, 0.15) is 186 Å². The molecule has 0 saturated heterocycles. The van der Waals surface area contributed by atoms with Crippen LogP contribution in [0.25, 0.3) is 0 Å². The summed E-state index contributed by atoms with van der Waals surface area (Å²) in [6.45, 7) is 17.3. The Morgan fingerprint density at radius 2 is 1.03 bits per heavy atom. The maximum Gasteiger partial charge on any atom is 0.331 e. The second kappa shape index (κ2) is 23.6. The molecule has 0 spiro atoms. The van der Waals surface area contributed by atoms with Gasteiger partial charge in [-0.05, 0) is 64.3 Å². The van der Waals surface area contributed by atoms with E-state index in [-0.39, 0.29) is 55.2 Å². The zero-order valence-electron chi connectivity index (χ0n) is 38.2.